The number of carbonyl (C=O) groups is 2. The first-order chi connectivity index (χ1) is 11.6. The summed E-state index contributed by atoms with van der Waals surface area (Å²) in [5, 5.41) is 12.5. The number of halogens is 3. The summed E-state index contributed by atoms with van der Waals surface area (Å²) in [5.41, 5.74) is -1.01. The molecule has 2 rings (SSSR count). The summed E-state index contributed by atoms with van der Waals surface area (Å²) in [6.07, 6.45) is -3.95. The van der Waals surface area contributed by atoms with Crippen molar-refractivity contribution in [1.82, 2.24) is 5.32 Å². The molecule has 2 aromatic rings. The van der Waals surface area contributed by atoms with Crippen molar-refractivity contribution in [3.63, 3.8) is 0 Å². The highest BCUT2D eigenvalue weighted by molar-refractivity contribution is 5.91. The van der Waals surface area contributed by atoms with Crippen molar-refractivity contribution < 1.29 is 27.9 Å². The van der Waals surface area contributed by atoms with Crippen LogP contribution in [0.4, 0.5) is 13.2 Å². The number of fused-ring (bicyclic) bond motifs is 1. The van der Waals surface area contributed by atoms with Gasteiger partial charge in [0, 0.05) is 5.41 Å². The zero-order chi connectivity index (χ0) is 18.8. The molecule has 0 aromatic heterocycles. The maximum atomic E-state index is 12.6. The van der Waals surface area contributed by atoms with Crippen LogP contribution in [0.1, 0.15) is 12.5 Å². The Morgan fingerprint density at radius 3 is 2.32 bits per heavy atom. The number of benzene rings is 2. The van der Waals surface area contributed by atoms with Gasteiger partial charge in [-0.05, 0) is 23.3 Å². The van der Waals surface area contributed by atoms with Crippen molar-refractivity contribution in [2.75, 3.05) is 0 Å². The van der Waals surface area contributed by atoms with Gasteiger partial charge in [0.25, 0.3) is 0 Å². The van der Waals surface area contributed by atoms with Crippen LogP contribution in [0.5, 0.6) is 0 Å². The fourth-order valence-corrected chi connectivity index (χ4v) is 2.76. The highest BCUT2D eigenvalue weighted by atomic mass is 19.4. The average Bonchev–Trinajstić information content (AvgIpc) is 2.57. The lowest BCUT2D eigenvalue weighted by Gasteiger charge is -2.34. The van der Waals surface area contributed by atoms with E-state index in [1.165, 1.54) is 13.0 Å². The smallest absolute Gasteiger partial charge is 0.471 e. The Bertz CT molecular complexity index is 826. The van der Waals surface area contributed by atoms with Crippen molar-refractivity contribution in [2.45, 2.75) is 24.6 Å². The third kappa shape index (κ3) is 3.50. The van der Waals surface area contributed by atoms with Crippen LogP contribution in [0.25, 0.3) is 10.8 Å². The predicted molar refractivity (Wildman–Crippen MR) is 87.1 cm³/mol. The number of nitrogens with one attached hydrogen (secondary N) is 1. The summed E-state index contributed by atoms with van der Waals surface area (Å²) in [5.74, 6) is -3.90. The van der Waals surface area contributed by atoms with Gasteiger partial charge in [0.1, 0.15) is 6.04 Å². The van der Waals surface area contributed by atoms with Crippen LogP contribution >= 0.6 is 0 Å². The standard InChI is InChI=1S/C18H16F3NO3/c1-3-17(2,14(15(23)24)22-16(25)18(19,20)21)13-10-6-8-11-7-4-5-9-12(11)13/h3-10,14H,1H2,2H3,(H,22,25)(H,23,24)/t14-,17+/m1/s1. The first kappa shape index (κ1) is 18.5. The van der Waals surface area contributed by atoms with Gasteiger partial charge in [0.05, 0.1) is 0 Å². The fraction of sp³-hybridized carbons (Fsp3) is 0.222. The lowest BCUT2D eigenvalue weighted by Crippen LogP contribution is -2.55. The van der Waals surface area contributed by atoms with E-state index in [9.17, 15) is 27.9 Å². The van der Waals surface area contributed by atoms with Crippen LogP contribution in [0, 0.1) is 0 Å². The Hall–Kier alpha value is -2.83. The van der Waals surface area contributed by atoms with Gasteiger partial charge in [0.2, 0.25) is 0 Å². The van der Waals surface area contributed by atoms with Gasteiger partial charge in [-0.3, -0.25) is 4.79 Å². The molecule has 0 bridgehead atoms. The third-order valence-corrected chi connectivity index (χ3v) is 4.17. The summed E-state index contributed by atoms with van der Waals surface area (Å²) in [4.78, 5) is 23.0. The fourth-order valence-electron chi connectivity index (χ4n) is 2.76. The van der Waals surface area contributed by atoms with Gasteiger partial charge in [-0.1, -0.05) is 48.5 Å². The maximum Gasteiger partial charge on any atom is 0.471 e. The molecule has 0 aliphatic carbocycles. The van der Waals surface area contributed by atoms with E-state index in [1.807, 2.05) is 0 Å². The minimum Gasteiger partial charge on any atom is -0.480 e. The molecule has 0 aliphatic rings. The molecule has 0 spiro atoms. The van der Waals surface area contributed by atoms with Crippen LogP contribution < -0.4 is 5.32 Å². The monoisotopic (exact) mass is 351 g/mol. The molecule has 2 atom stereocenters. The highest BCUT2D eigenvalue weighted by Crippen LogP contribution is 2.35. The third-order valence-electron chi connectivity index (χ3n) is 4.17. The van der Waals surface area contributed by atoms with Crippen molar-refractivity contribution in [2.24, 2.45) is 0 Å². The Morgan fingerprint density at radius 2 is 1.76 bits per heavy atom. The number of rotatable bonds is 5. The number of carbonyl (C=O) groups excluding carboxylic acids is 1. The summed E-state index contributed by atoms with van der Waals surface area (Å²) in [6, 6.07) is 10.3. The van der Waals surface area contributed by atoms with Gasteiger partial charge in [-0.15, -0.1) is 6.58 Å². The maximum absolute atomic E-state index is 12.6. The summed E-state index contributed by atoms with van der Waals surface area (Å²) in [6.45, 7) is 5.02. The van der Waals surface area contributed by atoms with E-state index in [2.05, 4.69) is 6.58 Å². The first-order valence-corrected chi connectivity index (χ1v) is 7.33. The molecule has 0 saturated heterocycles. The molecule has 2 N–H and O–H groups in total. The molecule has 2 aromatic carbocycles. The Labute approximate surface area is 142 Å². The zero-order valence-electron chi connectivity index (χ0n) is 13.3. The van der Waals surface area contributed by atoms with Gasteiger partial charge in [0.15, 0.2) is 0 Å². The lowest BCUT2D eigenvalue weighted by atomic mass is 9.74. The number of amides is 1. The molecular weight excluding hydrogens is 335 g/mol. The number of hydrogen-bond acceptors (Lipinski definition) is 2. The Kier molecular flexibility index (Phi) is 4.87. The van der Waals surface area contributed by atoms with Gasteiger partial charge < -0.3 is 10.4 Å². The number of alkyl halides is 3. The van der Waals surface area contributed by atoms with Crippen LogP contribution in [0.15, 0.2) is 55.1 Å². The van der Waals surface area contributed by atoms with Crippen LogP contribution in [0.3, 0.4) is 0 Å². The number of carboxylic acid groups (broad SMARTS) is 1. The second-order valence-electron chi connectivity index (χ2n) is 5.76. The molecule has 4 nitrogen and oxygen atoms in total. The first-order valence-electron chi connectivity index (χ1n) is 7.33. The van der Waals surface area contributed by atoms with Crippen molar-refractivity contribution in [1.29, 1.82) is 0 Å². The Balaban J connectivity index is 2.60. The molecule has 0 radical (unpaired) electrons. The lowest BCUT2D eigenvalue weighted by molar-refractivity contribution is -0.176. The van der Waals surface area contributed by atoms with E-state index in [0.717, 1.165) is 5.39 Å². The van der Waals surface area contributed by atoms with E-state index in [1.54, 1.807) is 47.8 Å². The minimum absolute atomic E-state index is 0.454. The second kappa shape index (κ2) is 6.58. The number of aliphatic carboxylic acids is 1. The molecule has 0 fully saturated rings. The molecule has 132 valence electrons. The molecule has 0 saturated carbocycles. The van der Waals surface area contributed by atoms with E-state index in [4.69, 9.17) is 0 Å². The SMILES string of the molecule is C=C[C@@](C)(c1cccc2ccccc12)[C@H](NC(=O)C(F)(F)F)C(=O)O. The average molecular weight is 351 g/mol. The van der Waals surface area contributed by atoms with Crippen molar-refractivity contribution in [3.05, 3.63) is 60.7 Å². The van der Waals surface area contributed by atoms with Crippen molar-refractivity contribution >= 4 is 22.6 Å². The molecule has 7 heteroatoms. The minimum atomic E-state index is -5.19. The van der Waals surface area contributed by atoms with E-state index >= 15 is 0 Å². The van der Waals surface area contributed by atoms with Crippen LogP contribution in [-0.2, 0) is 15.0 Å². The Morgan fingerprint density at radius 1 is 1.16 bits per heavy atom. The quantitative estimate of drug-likeness (QED) is 0.811. The number of carboxylic acids is 1. The topological polar surface area (TPSA) is 66.4 Å². The van der Waals surface area contributed by atoms with Crippen LogP contribution in [0.2, 0.25) is 0 Å². The number of hydrogen-bond donors (Lipinski definition) is 2. The van der Waals surface area contributed by atoms with Gasteiger partial charge in [-0.25, -0.2) is 4.79 Å². The van der Waals surface area contributed by atoms with E-state index in [0.29, 0.717) is 10.9 Å². The largest absolute Gasteiger partial charge is 0.480 e. The molecule has 0 heterocycles. The van der Waals surface area contributed by atoms with Gasteiger partial charge in [-0.2, -0.15) is 13.2 Å². The van der Waals surface area contributed by atoms with E-state index in [-0.39, 0.29) is 0 Å². The van der Waals surface area contributed by atoms with Crippen molar-refractivity contribution in [3.8, 4) is 0 Å². The molecule has 1 amide bonds. The zero-order valence-corrected chi connectivity index (χ0v) is 13.3. The molecule has 0 unspecified atom stereocenters. The highest BCUT2D eigenvalue weighted by Gasteiger charge is 2.46. The van der Waals surface area contributed by atoms with Gasteiger partial charge >= 0.3 is 18.1 Å². The second-order valence-corrected chi connectivity index (χ2v) is 5.76. The van der Waals surface area contributed by atoms with Crippen LogP contribution in [-0.4, -0.2) is 29.2 Å². The molecular formula is C18H16F3NO3. The predicted octanol–water partition coefficient (Wildman–Crippen LogP) is 3.42. The molecule has 0 aliphatic heterocycles. The normalized spacial score (nSPS) is 15.2. The summed E-state index contributed by atoms with van der Waals surface area (Å²) >= 11 is 0. The van der Waals surface area contributed by atoms with E-state index < -0.39 is 29.5 Å². The summed E-state index contributed by atoms with van der Waals surface area (Å²) < 4.78 is 37.8. The summed E-state index contributed by atoms with van der Waals surface area (Å²) in [7, 11) is 0. The molecule has 25 heavy (non-hydrogen) atoms.